The highest BCUT2D eigenvalue weighted by Crippen LogP contribution is 2.26. The van der Waals surface area contributed by atoms with Crippen molar-refractivity contribution < 1.29 is 4.74 Å². The Morgan fingerprint density at radius 3 is 2.74 bits per heavy atom. The van der Waals surface area contributed by atoms with Crippen LogP contribution < -0.4 is 15.0 Å². The number of nitrogens with zero attached hydrogens (tertiary/aromatic N) is 5. The molecule has 6 rings (SSSR count). The van der Waals surface area contributed by atoms with Crippen LogP contribution in [0, 0.1) is 0 Å². The van der Waals surface area contributed by atoms with E-state index in [1.54, 1.807) is 7.11 Å². The van der Waals surface area contributed by atoms with Crippen molar-refractivity contribution in [3.05, 3.63) is 71.7 Å². The number of nitrogens with one attached hydrogen (secondary N) is 1. The molecule has 1 aromatic carbocycles. The molecule has 0 spiro atoms. The summed E-state index contributed by atoms with van der Waals surface area (Å²) in [5.41, 5.74) is 7.75. The van der Waals surface area contributed by atoms with Crippen LogP contribution in [0.4, 0.5) is 5.69 Å². The van der Waals surface area contributed by atoms with Crippen molar-refractivity contribution in [2.75, 3.05) is 25.1 Å². The fourth-order valence-corrected chi connectivity index (χ4v) is 5.16. The lowest BCUT2D eigenvalue weighted by Gasteiger charge is -2.23. The lowest BCUT2D eigenvalue weighted by molar-refractivity contribution is 0.399. The molecule has 7 heteroatoms. The second-order valence-electron chi connectivity index (χ2n) is 9.28. The van der Waals surface area contributed by atoms with E-state index in [9.17, 15) is 0 Å². The maximum absolute atomic E-state index is 5.32. The predicted molar refractivity (Wildman–Crippen MR) is 134 cm³/mol. The summed E-state index contributed by atoms with van der Waals surface area (Å²) in [6.45, 7) is 3.27. The molecule has 1 aliphatic heterocycles. The van der Waals surface area contributed by atoms with Gasteiger partial charge in [0.05, 0.1) is 24.0 Å². The highest BCUT2D eigenvalue weighted by Gasteiger charge is 2.22. The molecule has 1 N–H and O–H groups in total. The molecular weight excluding hydrogens is 424 g/mol. The quantitative estimate of drug-likeness (QED) is 0.474. The summed E-state index contributed by atoms with van der Waals surface area (Å²) < 4.78 is 7.28. The van der Waals surface area contributed by atoms with Crippen molar-refractivity contribution in [2.24, 2.45) is 0 Å². The second kappa shape index (κ2) is 9.06. The molecule has 7 nitrogen and oxygen atoms in total. The van der Waals surface area contributed by atoms with Crippen molar-refractivity contribution in [1.82, 2.24) is 25.1 Å². The number of rotatable bonds is 6. The Bertz CT molecular complexity index is 1290. The van der Waals surface area contributed by atoms with Gasteiger partial charge in [-0.15, -0.1) is 0 Å². The van der Waals surface area contributed by atoms with Gasteiger partial charge < -0.3 is 15.0 Å². The monoisotopic (exact) mass is 454 g/mol. The van der Waals surface area contributed by atoms with Crippen LogP contribution in [0.5, 0.6) is 5.88 Å². The van der Waals surface area contributed by atoms with Gasteiger partial charge in [0.2, 0.25) is 5.88 Å². The molecule has 4 heterocycles. The van der Waals surface area contributed by atoms with Crippen LogP contribution >= 0.6 is 0 Å². The number of pyridine rings is 2. The Labute approximate surface area is 199 Å². The van der Waals surface area contributed by atoms with Gasteiger partial charge >= 0.3 is 0 Å². The Morgan fingerprint density at radius 1 is 1.06 bits per heavy atom. The van der Waals surface area contributed by atoms with Gasteiger partial charge in [0, 0.05) is 49.8 Å². The highest BCUT2D eigenvalue weighted by molar-refractivity contribution is 5.83. The fraction of sp³-hybridized carbons (Fsp3) is 0.370. The average molecular weight is 455 g/mol. The van der Waals surface area contributed by atoms with Crippen molar-refractivity contribution in [3.8, 4) is 11.6 Å². The van der Waals surface area contributed by atoms with Crippen LogP contribution in [0.15, 0.2) is 54.9 Å². The van der Waals surface area contributed by atoms with Gasteiger partial charge in [-0.05, 0) is 67.5 Å². The van der Waals surface area contributed by atoms with Gasteiger partial charge in [-0.2, -0.15) is 5.10 Å². The molecule has 174 valence electrons. The summed E-state index contributed by atoms with van der Waals surface area (Å²) in [5, 5.41) is 8.67. The number of hydrogen-bond acceptors (Lipinski definition) is 6. The van der Waals surface area contributed by atoms with Crippen LogP contribution in [0.2, 0.25) is 0 Å². The molecule has 0 bridgehead atoms. The summed E-state index contributed by atoms with van der Waals surface area (Å²) in [5.74, 6) is 0.580. The third kappa shape index (κ3) is 4.12. The zero-order valence-corrected chi connectivity index (χ0v) is 19.6. The summed E-state index contributed by atoms with van der Waals surface area (Å²) >= 11 is 0. The van der Waals surface area contributed by atoms with Crippen LogP contribution in [-0.2, 0) is 19.4 Å². The van der Waals surface area contributed by atoms with E-state index in [0.717, 1.165) is 42.5 Å². The van der Waals surface area contributed by atoms with E-state index in [1.807, 2.05) is 29.1 Å². The van der Waals surface area contributed by atoms with E-state index in [0.29, 0.717) is 11.9 Å². The smallest absolute Gasteiger partial charge is 0.213 e. The molecule has 1 saturated heterocycles. The number of methoxy groups -OCH3 is 1. The summed E-state index contributed by atoms with van der Waals surface area (Å²) in [6, 6.07) is 15.3. The first kappa shape index (κ1) is 21.1. The molecule has 0 radical (unpaired) electrons. The van der Waals surface area contributed by atoms with Crippen LogP contribution in [0.25, 0.3) is 16.7 Å². The first-order valence-corrected chi connectivity index (χ1v) is 12.2. The molecule has 3 aromatic heterocycles. The summed E-state index contributed by atoms with van der Waals surface area (Å²) in [4.78, 5) is 11.6. The minimum Gasteiger partial charge on any atom is -0.481 e. The molecular formula is C27H30N6O. The molecule has 1 unspecified atom stereocenters. The Morgan fingerprint density at radius 2 is 1.91 bits per heavy atom. The van der Waals surface area contributed by atoms with Crippen LogP contribution in [-0.4, -0.2) is 46.0 Å². The van der Waals surface area contributed by atoms with Crippen molar-refractivity contribution in [2.45, 2.75) is 44.7 Å². The Hall–Kier alpha value is -3.45. The van der Waals surface area contributed by atoms with E-state index in [2.05, 4.69) is 50.6 Å². The van der Waals surface area contributed by atoms with Gasteiger partial charge in [0.25, 0.3) is 0 Å². The normalized spacial score (nSPS) is 17.8. The van der Waals surface area contributed by atoms with E-state index in [-0.39, 0.29) is 0 Å². The molecule has 2 aliphatic rings. The summed E-state index contributed by atoms with van der Waals surface area (Å²) in [7, 11) is 1.63. The number of fused-ring (bicyclic) bond motifs is 2. The number of hydrogen-bond donors (Lipinski definition) is 1. The van der Waals surface area contributed by atoms with E-state index >= 15 is 0 Å². The third-order valence-electron chi connectivity index (χ3n) is 7.07. The summed E-state index contributed by atoms with van der Waals surface area (Å²) in [6.07, 6.45) is 9.65. The van der Waals surface area contributed by atoms with Crippen LogP contribution in [0.1, 0.15) is 36.1 Å². The second-order valence-corrected chi connectivity index (χ2v) is 9.28. The SMILES string of the molecule is COc1ccc2nccc(-n3cc4c(n3)CCC(NCc3ccc(N5CCCC5)cc3)C4)c2n1. The number of aromatic nitrogens is 4. The van der Waals surface area contributed by atoms with Gasteiger partial charge in [0.15, 0.2) is 0 Å². The lowest BCUT2D eigenvalue weighted by atomic mass is 9.93. The molecule has 0 saturated carbocycles. The molecule has 1 atom stereocenters. The maximum Gasteiger partial charge on any atom is 0.213 e. The third-order valence-corrected chi connectivity index (χ3v) is 7.07. The number of aryl methyl sites for hydroxylation is 1. The largest absolute Gasteiger partial charge is 0.481 e. The highest BCUT2D eigenvalue weighted by atomic mass is 16.5. The van der Waals surface area contributed by atoms with E-state index in [4.69, 9.17) is 9.84 Å². The van der Waals surface area contributed by atoms with E-state index in [1.165, 1.54) is 48.4 Å². The topological polar surface area (TPSA) is 68.1 Å². The molecule has 1 aliphatic carbocycles. The van der Waals surface area contributed by atoms with Gasteiger partial charge in [-0.3, -0.25) is 4.98 Å². The average Bonchev–Trinajstić information content (AvgIpc) is 3.57. The first-order valence-electron chi connectivity index (χ1n) is 12.2. The molecule has 1 fully saturated rings. The lowest BCUT2D eigenvalue weighted by Crippen LogP contribution is -2.33. The standard InChI is InChI=1S/C27H30N6O/c1-34-26-11-10-24-27(30-26)25(12-13-28-24)33-18-20-16-21(6-9-23(20)31-33)29-17-19-4-7-22(8-5-19)32-14-2-3-15-32/h4-5,7-8,10-13,18,21,29H,2-3,6,9,14-17H2,1H3. The minimum absolute atomic E-state index is 0.454. The number of anilines is 1. The zero-order valence-electron chi connectivity index (χ0n) is 19.6. The minimum atomic E-state index is 0.454. The number of benzene rings is 1. The fourth-order valence-electron chi connectivity index (χ4n) is 5.16. The van der Waals surface area contributed by atoms with Crippen molar-refractivity contribution in [3.63, 3.8) is 0 Å². The predicted octanol–water partition coefficient (Wildman–Crippen LogP) is 4.07. The van der Waals surface area contributed by atoms with Gasteiger partial charge in [-0.25, -0.2) is 9.67 Å². The number of ether oxygens (including phenoxy) is 1. The molecule has 34 heavy (non-hydrogen) atoms. The maximum atomic E-state index is 5.32. The zero-order chi connectivity index (χ0) is 22.9. The Kier molecular flexibility index (Phi) is 5.63. The van der Waals surface area contributed by atoms with Crippen LogP contribution in [0.3, 0.4) is 0 Å². The molecule has 4 aromatic rings. The van der Waals surface area contributed by atoms with Crippen molar-refractivity contribution >= 4 is 16.7 Å². The Balaban J connectivity index is 1.15. The van der Waals surface area contributed by atoms with Crippen molar-refractivity contribution in [1.29, 1.82) is 0 Å². The van der Waals surface area contributed by atoms with Gasteiger partial charge in [-0.1, -0.05) is 12.1 Å². The van der Waals surface area contributed by atoms with E-state index < -0.39 is 0 Å². The first-order chi connectivity index (χ1) is 16.8. The van der Waals surface area contributed by atoms with Gasteiger partial charge in [0.1, 0.15) is 5.52 Å². The molecule has 0 amide bonds.